The fourth-order valence-electron chi connectivity index (χ4n) is 1.15. The number of rotatable bonds is 6. The summed E-state index contributed by atoms with van der Waals surface area (Å²) in [6.07, 6.45) is 0. The summed E-state index contributed by atoms with van der Waals surface area (Å²) in [5, 5.41) is 2.59. The SMILES string of the molecule is NNC(=O)CNC(=O)CNS(=O)(=O)c1ccc(Cl)cc1. The van der Waals surface area contributed by atoms with Crippen molar-refractivity contribution in [3.05, 3.63) is 29.3 Å². The Labute approximate surface area is 120 Å². The molecule has 0 radical (unpaired) electrons. The second-order valence-corrected chi connectivity index (χ2v) is 5.83. The van der Waals surface area contributed by atoms with Crippen LogP contribution in [0.1, 0.15) is 0 Å². The van der Waals surface area contributed by atoms with Gasteiger partial charge in [0.2, 0.25) is 15.9 Å². The smallest absolute Gasteiger partial charge is 0.253 e. The molecule has 0 aromatic heterocycles. The van der Waals surface area contributed by atoms with E-state index >= 15 is 0 Å². The third kappa shape index (κ3) is 5.13. The van der Waals surface area contributed by atoms with Gasteiger partial charge in [-0.1, -0.05) is 11.6 Å². The number of hydrazine groups is 1. The fourth-order valence-corrected chi connectivity index (χ4v) is 2.26. The molecule has 0 bridgehead atoms. The van der Waals surface area contributed by atoms with E-state index < -0.39 is 28.4 Å². The van der Waals surface area contributed by atoms with Crippen LogP contribution in [0.4, 0.5) is 0 Å². The lowest BCUT2D eigenvalue weighted by atomic mass is 10.4. The van der Waals surface area contributed by atoms with Gasteiger partial charge in [-0.3, -0.25) is 15.0 Å². The van der Waals surface area contributed by atoms with Crippen LogP contribution < -0.4 is 21.3 Å². The van der Waals surface area contributed by atoms with Gasteiger partial charge in [0.1, 0.15) is 0 Å². The summed E-state index contributed by atoms with van der Waals surface area (Å²) >= 11 is 5.65. The molecule has 0 unspecified atom stereocenters. The van der Waals surface area contributed by atoms with E-state index in [1.54, 1.807) is 0 Å². The molecule has 0 aliphatic carbocycles. The predicted octanol–water partition coefficient (Wildman–Crippen LogP) is -1.28. The molecule has 0 spiro atoms. The first kappa shape index (κ1) is 16.4. The Morgan fingerprint density at radius 2 is 1.70 bits per heavy atom. The topological polar surface area (TPSA) is 130 Å². The molecule has 1 rings (SSSR count). The minimum Gasteiger partial charge on any atom is -0.346 e. The van der Waals surface area contributed by atoms with Crippen LogP contribution in [0.5, 0.6) is 0 Å². The van der Waals surface area contributed by atoms with Crippen molar-refractivity contribution in [2.45, 2.75) is 4.90 Å². The maximum absolute atomic E-state index is 11.8. The molecule has 0 saturated heterocycles. The molecule has 0 fully saturated rings. The summed E-state index contributed by atoms with van der Waals surface area (Å²) in [5.74, 6) is 3.56. The summed E-state index contributed by atoms with van der Waals surface area (Å²) in [5.41, 5.74) is 1.82. The van der Waals surface area contributed by atoms with E-state index in [2.05, 4.69) is 10.0 Å². The van der Waals surface area contributed by atoms with E-state index in [9.17, 15) is 18.0 Å². The first-order valence-corrected chi connectivity index (χ1v) is 7.22. The fraction of sp³-hybridized carbons (Fsp3) is 0.200. The average Bonchev–Trinajstić information content (AvgIpc) is 2.43. The minimum absolute atomic E-state index is 0.0191. The number of sulfonamides is 1. The molecule has 0 saturated carbocycles. The highest BCUT2D eigenvalue weighted by Gasteiger charge is 2.15. The van der Waals surface area contributed by atoms with Gasteiger partial charge in [-0.15, -0.1) is 0 Å². The number of nitrogens with two attached hydrogens (primary N) is 1. The van der Waals surface area contributed by atoms with Crippen molar-refractivity contribution < 1.29 is 18.0 Å². The Hall–Kier alpha value is -1.68. The van der Waals surface area contributed by atoms with Crippen molar-refractivity contribution in [1.29, 1.82) is 0 Å². The largest absolute Gasteiger partial charge is 0.346 e. The van der Waals surface area contributed by atoms with Crippen LogP contribution in [0.3, 0.4) is 0 Å². The maximum Gasteiger partial charge on any atom is 0.253 e. The Morgan fingerprint density at radius 1 is 1.10 bits per heavy atom. The maximum atomic E-state index is 11.8. The number of carbonyl (C=O) groups excluding carboxylic acids is 2. The molecule has 10 heteroatoms. The van der Waals surface area contributed by atoms with Crippen molar-refractivity contribution in [1.82, 2.24) is 15.5 Å². The summed E-state index contributed by atoms with van der Waals surface area (Å²) < 4.78 is 25.7. The quantitative estimate of drug-likeness (QED) is 0.295. The number of halogens is 1. The number of amides is 2. The van der Waals surface area contributed by atoms with Gasteiger partial charge in [0.25, 0.3) is 5.91 Å². The molecule has 0 aliphatic heterocycles. The van der Waals surface area contributed by atoms with Gasteiger partial charge < -0.3 is 5.32 Å². The van der Waals surface area contributed by atoms with Gasteiger partial charge in [-0.2, -0.15) is 0 Å². The summed E-state index contributed by atoms with van der Waals surface area (Å²) in [4.78, 5) is 22.1. The molecule has 8 nitrogen and oxygen atoms in total. The lowest BCUT2D eigenvalue weighted by Gasteiger charge is -2.07. The molecule has 0 aliphatic rings. The number of carbonyl (C=O) groups is 2. The summed E-state index contributed by atoms with van der Waals surface area (Å²) in [6.45, 7) is -0.833. The van der Waals surface area contributed by atoms with E-state index in [1.807, 2.05) is 5.43 Å². The van der Waals surface area contributed by atoms with E-state index in [0.717, 1.165) is 0 Å². The average molecular weight is 321 g/mol. The van der Waals surface area contributed by atoms with Gasteiger partial charge in [-0.05, 0) is 24.3 Å². The monoisotopic (exact) mass is 320 g/mol. The van der Waals surface area contributed by atoms with Gasteiger partial charge in [0.15, 0.2) is 0 Å². The molecule has 2 amide bonds. The number of benzene rings is 1. The zero-order chi connectivity index (χ0) is 15.2. The highest BCUT2D eigenvalue weighted by atomic mass is 35.5. The van der Waals surface area contributed by atoms with Crippen LogP contribution in [0.15, 0.2) is 29.2 Å². The van der Waals surface area contributed by atoms with Gasteiger partial charge in [0, 0.05) is 5.02 Å². The predicted molar refractivity (Wildman–Crippen MR) is 72.0 cm³/mol. The van der Waals surface area contributed by atoms with E-state index in [4.69, 9.17) is 17.4 Å². The Bertz CT molecular complexity index is 588. The highest BCUT2D eigenvalue weighted by Crippen LogP contribution is 2.13. The molecular weight excluding hydrogens is 308 g/mol. The Morgan fingerprint density at radius 3 is 2.25 bits per heavy atom. The molecule has 110 valence electrons. The van der Waals surface area contributed by atoms with Crippen molar-refractivity contribution in [3.63, 3.8) is 0 Å². The standard InChI is InChI=1S/C10H13ClN4O4S/c11-7-1-3-8(4-2-7)20(18,19)14-6-9(16)13-5-10(17)15-12/h1-4,14H,5-6,12H2,(H,13,16)(H,15,17). The first-order valence-electron chi connectivity index (χ1n) is 5.36. The lowest BCUT2D eigenvalue weighted by Crippen LogP contribution is -2.43. The van der Waals surface area contributed by atoms with Crippen LogP contribution >= 0.6 is 11.6 Å². The highest BCUT2D eigenvalue weighted by molar-refractivity contribution is 7.89. The van der Waals surface area contributed by atoms with Crippen LogP contribution in [0, 0.1) is 0 Å². The number of nitrogens with one attached hydrogen (secondary N) is 3. The van der Waals surface area contributed by atoms with E-state index in [-0.39, 0.29) is 11.4 Å². The third-order valence-electron chi connectivity index (χ3n) is 2.15. The molecule has 1 aromatic carbocycles. The van der Waals surface area contributed by atoms with Crippen molar-refractivity contribution in [2.24, 2.45) is 5.84 Å². The molecule has 5 N–H and O–H groups in total. The summed E-state index contributed by atoms with van der Waals surface area (Å²) in [6, 6.07) is 5.46. The normalized spacial score (nSPS) is 10.9. The molecule has 0 atom stereocenters. The molecule has 20 heavy (non-hydrogen) atoms. The second-order valence-electron chi connectivity index (χ2n) is 3.62. The van der Waals surface area contributed by atoms with Crippen LogP contribution in [0.2, 0.25) is 5.02 Å². The van der Waals surface area contributed by atoms with Crippen LogP contribution in [-0.4, -0.2) is 33.3 Å². The minimum atomic E-state index is -3.81. The third-order valence-corrected chi connectivity index (χ3v) is 3.82. The van der Waals surface area contributed by atoms with Gasteiger partial charge in [0.05, 0.1) is 18.0 Å². The van der Waals surface area contributed by atoms with Crippen LogP contribution in [-0.2, 0) is 19.6 Å². The van der Waals surface area contributed by atoms with Crippen molar-refractivity contribution in [2.75, 3.05) is 13.1 Å². The van der Waals surface area contributed by atoms with Gasteiger partial charge >= 0.3 is 0 Å². The molecule has 0 heterocycles. The van der Waals surface area contributed by atoms with Gasteiger partial charge in [-0.25, -0.2) is 19.0 Å². The van der Waals surface area contributed by atoms with E-state index in [0.29, 0.717) is 5.02 Å². The number of hydrogen-bond acceptors (Lipinski definition) is 5. The lowest BCUT2D eigenvalue weighted by molar-refractivity contribution is -0.125. The first-order chi connectivity index (χ1) is 9.35. The van der Waals surface area contributed by atoms with Crippen LogP contribution in [0.25, 0.3) is 0 Å². The Balaban J connectivity index is 2.53. The van der Waals surface area contributed by atoms with Crippen molar-refractivity contribution in [3.8, 4) is 0 Å². The van der Waals surface area contributed by atoms with Crippen molar-refractivity contribution >= 4 is 33.4 Å². The zero-order valence-electron chi connectivity index (χ0n) is 10.2. The summed E-state index contributed by atoms with van der Waals surface area (Å²) in [7, 11) is -3.81. The molecular formula is C10H13ClN4O4S. The molecule has 1 aromatic rings. The van der Waals surface area contributed by atoms with E-state index in [1.165, 1.54) is 24.3 Å². The Kier molecular flexibility index (Phi) is 5.89. The second kappa shape index (κ2) is 7.20. The number of hydrogen-bond donors (Lipinski definition) is 4. The zero-order valence-corrected chi connectivity index (χ0v) is 11.8.